The zero-order valence-corrected chi connectivity index (χ0v) is 18.4. The molecule has 0 aliphatic heterocycles. The van der Waals surface area contributed by atoms with Gasteiger partial charge in [-0.3, -0.25) is 9.59 Å². The van der Waals surface area contributed by atoms with Crippen LogP contribution >= 0.6 is 0 Å². The fourth-order valence-electron chi connectivity index (χ4n) is 3.64. The summed E-state index contributed by atoms with van der Waals surface area (Å²) in [4.78, 5) is 40.4. The van der Waals surface area contributed by atoms with Gasteiger partial charge in [0.1, 0.15) is 11.8 Å². The van der Waals surface area contributed by atoms with Crippen LogP contribution in [0, 0.1) is 0 Å². The topological polar surface area (TPSA) is 121 Å². The van der Waals surface area contributed by atoms with Crippen molar-refractivity contribution in [3.8, 4) is 5.75 Å². The van der Waals surface area contributed by atoms with Gasteiger partial charge < -0.3 is 25.5 Å². The molecule has 0 spiro atoms. The Labute approximate surface area is 195 Å². The number of hydrogen-bond acceptors (Lipinski definition) is 4. The second-order valence-corrected chi connectivity index (χ2v) is 7.69. The predicted octanol–water partition coefficient (Wildman–Crippen LogP) is 3.85. The summed E-state index contributed by atoms with van der Waals surface area (Å²) in [6.07, 6.45) is 2.08. The largest absolute Gasteiger partial charge is 0.497 e. The molecule has 4 N–H and O–H groups in total. The standard InChI is InChI=1S/C26H23N3O5/c1-34-20-12-8-16(9-13-20)24(30)29-23(14-18-15-27-22-5-3-2-4-21(18)22)25(31)28-19-10-6-17(7-11-19)26(32)33/h2-13,15,23,27H,14H2,1H3,(H,28,31)(H,29,30)(H,32,33)/t23-/m0/s1. The molecule has 0 radical (unpaired) electrons. The molecule has 4 aromatic rings. The maximum Gasteiger partial charge on any atom is 0.335 e. The Morgan fingerprint density at radius 1 is 0.941 bits per heavy atom. The number of H-pyrrole nitrogens is 1. The van der Waals surface area contributed by atoms with E-state index in [2.05, 4.69) is 15.6 Å². The summed E-state index contributed by atoms with van der Waals surface area (Å²) in [5.41, 5.74) is 2.75. The molecule has 0 saturated heterocycles. The predicted molar refractivity (Wildman–Crippen MR) is 128 cm³/mol. The SMILES string of the molecule is COc1ccc(C(=O)N[C@@H](Cc2c[nH]c3ccccc23)C(=O)Nc2ccc(C(=O)O)cc2)cc1. The molecule has 3 aromatic carbocycles. The van der Waals surface area contributed by atoms with Gasteiger partial charge in [0, 0.05) is 34.8 Å². The number of carbonyl (C=O) groups is 3. The van der Waals surface area contributed by atoms with E-state index in [1.165, 1.54) is 24.3 Å². The molecule has 0 bridgehead atoms. The van der Waals surface area contributed by atoms with Crippen molar-refractivity contribution in [3.63, 3.8) is 0 Å². The van der Waals surface area contributed by atoms with Crippen molar-refractivity contribution in [3.05, 3.63) is 95.7 Å². The molecule has 4 rings (SSSR count). The Hall–Kier alpha value is -4.59. The van der Waals surface area contributed by atoms with E-state index in [1.54, 1.807) is 31.4 Å². The minimum absolute atomic E-state index is 0.112. The van der Waals surface area contributed by atoms with Crippen LogP contribution in [0.2, 0.25) is 0 Å². The molecule has 0 aliphatic rings. The van der Waals surface area contributed by atoms with Crippen LogP contribution in [0.15, 0.2) is 79.0 Å². The minimum atomic E-state index is -1.05. The second-order valence-electron chi connectivity index (χ2n) is 7.69. The van der Waals surface area contributed by atoms with Crippen molar-refractivity contribution >= 4 is 34.4 Å². The van der Waals surface area contributed by atoms with Gasteiger partial charge in [0.2, 0.25) is 5.91 Å². The van der Waals surface area contributed by atoms with Crippen molar-refractivity contribution in [1.82, 2.24) is 10.3 Å². The van der Waals surface area contributed by atoms with Gasteiger partial charge in [0.15, 0.2) is 0 Å². The lowest BCUT2D eigenvalue weighted by molar-refractivity contribution is -0.118. The number of anilines is 1. The molecule has 0 fully saturated rings. The first kappa shape index (κ1) is 22.6. The number of amides is 2. The smallest absolute Gasteiger partial charge is 0.335 e. The highest BCUT2D eigenvalue weighted by molar-refractivity contribution is 6.02. The number of carboxylic acids is 1. The van der Waals surface area contributed by atoms with Crippen LogP contribution in [-0.2, 0) is 11.2 Å². The third kappa shape index (κ3) is 5.07. The van der Waals surface area contributed by atoms with E-state index in [-0.39, 0.29) is 12.0 Å². The molecule has 1 atom stereocenters. The van der Waals surface area contributed by atoms with Crippen LogP contribution in [0.3, 0.4) is 0 Å². The summed E-state index contributed by atoms with van der Waals surface area (Å²) in [7, 11) is 1.54. The monoisotopic (exact) mass is 457 g/mol. The summed E-state index contributed by atoms with van der Waals surface area (Å²) in [6, 6.07) is 19.3. The summed E-state index contributed by atoms with van der Waals surface area (Å²) >= 11 is 0. The number of aromatic carboxylic acids is 1. The summed E-state index contributed by atoms with van der Waals surface area (Å²) in [5.74, 6) is -1.25. The first-order valence-corrected chi connectivity index (χ1v) is 10.6. The molecule has 0 saturated carbocycles. The van der Waals surface area contributed by atoms with Crippen LogP contribution in [0.4, 0.5) is 5.69 Å². The lowest BCUT2D eigenvalue weighted by atomic mass is 10.0. The van der Waals surface area contributed by atoms with Gasteiger partial charge in [-0.15, -0.1) is 0 Å². The number of methoxy groups -OCH3 is 1. The summed E-state index contributed by atoms with van der Waals surface area (Å²) in [6.45, 7) is 0. The van der Waals surface area contributed by atoms with E-state index < -0.39 is 23.8 Å². The number of aromatic amines is 1. The first-order valence-electron chi connectivity index (χ1n) is 10.6. The molecule has 2 amide bonds. The molecule has 0 unspecified atom stereocenters. The highest BCUT2D eigenvalue weighted by atomic mass is 16.5. The Kier molecular flexibility index (Phi) is 6.59. The van der Waals surface area contributed by atoms with E-state index >= 15 is 0 Å². The fraction of sp³-hybridized carbons (Fsp3) is 0.115. The van der Waals surface area contributed by atoms with Crippen LogP contribution in [-0.4, -0.2) is 41.0 Å². The number of hydrogen-bond donors (Lipinski definition) is 4. The molecule has 1 heterocycles. The quantitative estimate of drug-likeness (QED) is 0.320. The van der Waals surface area contributed by atoms with Crippen LogP contribution < -0.4 is 15.4 Å². The van der Waals surface area contributed by atoms with Gasteiger partial charge in [-0.05, 0) is 60.2 Å². The van der Waals surface area contributed by atoms with Crippen molar-refractivity contribution in [1.29, 1.82) is 0 Å². The number of carbonyl (C=O) groups excluding carboxylic acids is 2. The zero-order chi connectivity index (χ0) is 24.1. The average molecular weight is 457 g/mol. The Morgan fingerprint density at radius 3 is 2.29 bits per heavy atom. The molecule has 0 aliphatic carbocycles. The van der Waals surface area contributed by atoms with E-state index in [1.807, 2.05) is 30.5 Å². The van der Waals surface area contributed by atoms with Crippen LogP contribution in [0.1, 0.15) is 26.3 Å². The molecule has 8 nitrogen and oxygen atoms in total. The first-order chi connectivity index (χ1) is 16.4. The summed E-state index contributed by atoms with van der Waals surface area (Å²) < 4.78 is 5.13. The maximum absolute atomic E-state index is 13.2. The van der Waals surface area contributed by atoms with Crippen LogP contribution in [0.5, 0.6) is 5.75 Å². The lowest BCUT2D eigenvalue weighted by Gasteiger charge is -2.19. The van der Waals surface area contributed by atoms with Gasteiger partial charge in [0.25, 0.3) is 5.91 Å². The van der Waals surface area contributed by atoms with Gasteiger partial charge in [0.05, 0.1) is 12.7 Å². The number of rotatable bonds is 8. The van der Waals surface area contributed by atoms with Crippen molar-refractivity contribution in [2.75, 3.05) is 12.4 Å². The van der Waals surface area contributed by atoms with E-state index in [0.29, 0.717) is 17.0 Å². The highest BCUT2D eigenvalue weighted by Crippen LogP contribution is 2.20. The number of aromatic nitrogens is 1. The zero-order valence-electron chi connectivity index (χ0n) is 18.4. The molecule has 172 valence electrons. The number of benzene rings is 3. The molecule has 1 aromatic heterocycles. The van der Waals surface area contributed by atoms with Crippen molar-refractivity contribution < 1.29 is 24.2 Å². The normalized spacial score (nSPS) is 11.6. The Balaban J connectivity index is 1.57. The highest BCUT2D eigenvalue weighted by Gasteiger charge is 2.23. The van der Waals surface area contributed by atoms with Crippen molar-refractivity contribution in [2.24, 2.45) is 0 Å². The Bertz CT molecular complexity index is 1330. The molecular formula is C26H23N3O5. The number of nitrogens with one attached hydrogen (secondary N) is 3. The average Bonchev–Trinajstić information content (AvgIpc) is 3.26. The molecule has 8 heteroatoms. The number of ether oxygens (including phenoxy) is 1. The third-order valence-corrected chi connectivity index (χ3v) is 5.47. The van der Waals surface area contributed by atoms with Crippen molar-refractivity contribution in [2.45, 2.75) is 12.5 Å². The van der Waals surface area contributed by atoms with Gasteiger partial charge in [-0.25, -0.2) is 4.79 Å². The van der Waals surface area contributed by atoms with Gasteiger partial charge >= 0.3 is 5.97 Å². The van der Waals surface area contributed by atoms with Gasteiger partial charge in [-0.1, -0.05) is 18.2 Å². The fourth-order valence-corrected chi connectivity index (χ4v) is 3.64. The van der Waals surface area contributed by atoms with E-state index in [9.17, 15) is 14.4 Å². The molecule has 34 heavy (non-hydrogen) atoms. The van der Waals surface area contributed by atoms with E-state index in [4.69, 9.17) is 9.84 Å². The van der Waals surface area contributed by atoms with E-state index in [0.717, 1.165) is 16.5 Å². The lowest BCUT2D eigenvalue weighted by Crippen LogP contribution is -2.45. The van der Waals surface area contributed by atoms with Crippen LogP contribution in [0.25, 0.3) is 10.9 Å². The summed E-state index contributed by atoms with van der Waals surface area (Å²) in [5, 5.41) is 15.6. The molecular weight excluding hydrogens is 434 g/mol. The Morgan fingerprint density at radius 2 is 1.62 bits per heavy atom. The van der Waals surface area contributed by atoms with Gasteiger partial charge in [-0.2, -0.15) is 0 Å². The third-order valence-electron chi connectivity index (χ3n) is 5.47. The second kappa shape index (κ2) is 9.91. The number of fused-ring (bicyclic) bond motifs is 1. The minimum Gasteiger partial charge on any atom is -0.497 e. The number of carboxylic acid groups (broad SMARTS) is 1. The number of para-hydroxylation sites is 1. The maximum atomic E-state index is 13.2.